The van der Waals surface area contributed by atoms with Gasteiger partial charge in [0.05, 0.1) is 11.8 Å². The molecular formula is C28H29FN4O. The number of hydrogen-bond acceptors (Lipinski definition) is 4. The third-order valence-electron chi connectivity index (χ3n) is 6.72. The molecule has 0 aromatic heterocycles. The summed E-state index contributed by atoms with van der Waals surface area (Å²) in [6.45, 7) is 5.03. The van der Waals surface area contributed by atoms with E-state index in [2.05, 4.69) is 29.2 Å². The van der Waals surface area contributed by atoms with Gasteiger partial charge in [0.25, 0.3) is 0 Å². The second-order valence-corrected chi connectivity index (χ2v) is 8.94. The van der Waals surface area contributed by atoms with Gasteiger partial charge < -0.3 is 9.80 Å². The molecule has 1 amide bonds. The molecule has 1 unspecified atom stereocenters. The number of carbonyl (C=O) groups is 1. The lowest BCUT2D eigenvalue weighted by molar-refractivity contribution is -0.133. The summed E-state index contributed by atoms with van der Waals surface area (Å²) >= 11 is 0. The van der Waals surface area contributed by atoms with Gasteiger partial charge in [-0.3, -0.25) is 9.80 Å². The maximum Gasteiger partial charge on any atom is 0.244 e. The van der Waals surface area contributed by atoms with Gasteiger partial charge in [-0.05, 0) is 47.9 Å². The highest BCUT2D eigenvalue weighted by atomic mass is 19.1. The second-order valence-electron chi connectivity index (χ2n) is 8.94. The first-order valence-corrected chi connectivity index (χ1v) is 11.8. The molecule has 0 spiro atoms. The van der Waals surface area contributed by atoms with Crippen molar-refractivity contribution in [3.63, 3.8) is 0 Å². The number of piperazine rings is 1. The number of rotatable bonds is 5. The number of hydrazone groups is 1. The molecule has 1 fully saturated rings. The Kier molecular flexibility index (Phi) is 6.30. The van der Waals surface area contributed by atoms with E-state index in [9.17, 15) is 9.18 Å². The Bertz CT molecular complexity index is 1170. The Morgan fingerprint density at radius 2 is 1.62 bits per heavy atom. The van der Waals surface area contributed by atoms with E-state index in [4.69, 9.17) is 5.10 Å². The van der Waals surface area contributed by atoms with Crippen molar-refractivity contribution in [3.05, 3.63) is 101 Å². The number of carbonyl (C=O) groups excluding carboxylic acids is 1. The van der Waals surface area contributed by atoms with Crippen LogP contribution in [0.1, 0.15) is 29.2 Å². The molecule has 0 N–H and O–H groups in total. The molecule has 6 heteroatoms. The number of hydrogen-bond donors (Lipinski definition) is 0. The fourth-order valence-corrected chi connectivity index (χ4v) is 4.76. The molecule has 0 aliphatic carbocycles. The zero-order valence-electron chi connectivity index (χ0n) is 19.4. The van der Waals surface area contributed by atoms with Gasteiger partial charge in [0.1, 0.15) is 12.4 Å². The SMILES string of the molecule is Cc1cc(C2=NN(CC(=O)N3CCN(c4ccccc4)CC3)C(c3ccccc3)C2)ccc1F. The largest absolute Gasteiger partial charge is 0.368 e. The molecule has 5 rings (SSSR count). The van der Waals surface area contributed by atoms with Crippen LogP contribution in [0.3, 0.4) is 0 Å². The third kappa shape index (κ3) is 4.67. The number of aryl methyl sites for hydroxylation is 1. The van der Waals surface area contributed by atoms with Crippen LogP contribution in [0.4, 0.5) is 10.1 Å². The topological polar surface area (TPSA) is 39.2 Å². The van der Waals surface area contributed by atoms with Crippen LogP contribution >= 0.6 is 0 Å². The van der Waals surface area contributed by atoms with Crippen molar-refractivity contribution in [2.24, 2.45) is 5.10 Å². The quantitative estimate of drug-likeness (QED) is 0.562. The molecule has 0 saturated carbocycles. The van der Waals surface area contributed by atoms with Gasteiger partial charge in [0, 0.05) is 38.3 Å². The Labute approximate surface area is 200 Å². The van der Waals surface area contributed by atoms with E-state index in [-0.39, 0.29) is 24.3 Å². The van der Waals surface area contributed by atoms with Crippen molar-refractivity contribution < 1.29 is 9.18 Å². The molecule has 5 nitrogen and oxygen atoms in total. The Morgan fingerprint density at radius 3 is 2.29 bits per heavy atom. The van der Waals surface area contributed by atoms with E-state index in [0.717, 1.165) is 29.9 Å². The first-order valence-electron chi connectivity index (χ1n) is 11.8. The van der Waals surface area contributed by atoms with Crippen LogP contribution in [0.2, 0.25) is 0 Å². The molecule has 174 valence electrons. The van der Waals surface area contributed by atoms with Gasteiger partial charge in [-0.2, -0.15) is 5.10 Å². The summed E-state index contributed by atoms with van der Waals surface area (Å²) in [4.78, 5) is 17.5. The third-order valence-corrected chi connectivity index (χ3v) is 6.72. The number of amides is 1. The summed E-state index contributed by atoms with van der Waals surface area (Å²) in [6.07, 6.45) is 0.685. The normalized spacial score (nSPS) is 18.2. The predicted octanol–water partition coefficient (Wildman–Crippen LogP) is 4.63. The molecule has 2 aliphatic heterocycles. The van der Waals surface area contributed by atoms with Crippen LogP contribution in [-0.2, 0) is 4.79 Å². The van der Waals surface area contributed by atoms with Gasteiger partial charge >= 0.3 is 0 Å². The number of anilines is 1. The van der Waals surface area contributed by atoms with Gasteiger partial charge in [-0.15, -0.1) is 0 Å². The van der Waals surface area contributed by atoms with Crippen molar-refractivity contribution in [1.29, 1.82) is 0 Å². The highest BCUT2D eigenvalue weighted by Crippen LogP contribution is 2.33. The summed E-state index contributed by atoms with van der Waals surface area (Å²) < 4.78 is 13.8. The molecular weight excluding hydrogens is 427 g/mol. The minimum Gasteiger partial charge on any atom is -0.368 e. The van der Waals surface area contributed by atoms with E-state index >= 15 is 0 Å². The van der Waals surface area contributed by atoms with Gasteiger partial charge in [0.15, 0.2) is 0 Å². The summed E-state index contributed by atoms with van der Waals surface area (Å²) in [5, 5.41) is 6.77. The molecule has 3 aromatic carbocycles. The van der Waals surface area contributed by atoms with Crippen molar-refractivity contribution >= 4 is 17.3 Å². The highest BCUT2D eigenvalue weighted by Gasteiger charge is 2.32. The molecule has 3 aromatic rings. The van der Waals surface area contributed by atoms with Crippen LogP contribution in [-0.4, -0.2) is 54.3 Å². The molecule has 1 saturated heterocycles. The first kappa shape index (κ1) is 22.1. The van der Waals surface area contributed by atoms with Crippen molar-refractivity contribution in [2.75, 3.05) is 37.6 Å². The van der Waals surface area contributed by atoms with Gasteiger partial charge in [0.2, 0.25) is 5.91 Å². The fraction of sp³-hybridized carbons (Fsp3) is 0.286. The molecule has 1 atom stereocenters. The van der Waals surface area contributed by atoms with Crippen LogP contribution in [0.15, 0.2) is 84.0 Å². The lowest BCUT2D eigenvalue weighted by atomic mass is 9.97. The van der Waals surface area contributed by atoms with Crippen molar-refractivity contribution in [3.8, 4) is 0 Å². The predicted molar refractivity (Wildman–Crippen MR) is 133 cm³/mol. The molecule has 0 bridgehead atoms. The van der Waals surface area contributed by atoms with Crippen molar-refractivity contribution in [2.45, 2.75) is 19.4 Å². The molecule has 2 aliphatic rings. The molecule has 0 radical (unpaired) electrons. The van der Waals surface area contributed by atoms with Crippen molar-refractivity contribution in [1.82, 2.24) is 9.91 Å². The molecule has 34 heavy (non-hydrogen) atoms. The average Bonchev–Trinajstić information content (AvgIpc) is 3.30. The molecule has 2 heterocycles. The van der Waals surface area contributed by atoms with Crippen LogP contribution in [0, 0.1) is 12.7 Å². The Hall–Kier alpha value is -3.67. The summed E-state index contributed by atoms with van der Waals surface area (Å²) in [5.74, 6) is -0.127. The highest BCUT2D eigenvalue weighted by molar-refractivity contribution is 6.02. The average molecular weight is 457 g/mol. The fourth-order valence-electron chi connectivity index (χ4n) is 4.76. The van der Waals surface area contributed by atoms with Crippen LogP contribution < -0.4 is 4.90 Å². The van der Waals surface area contributed by atoms with E-state index in [1.807, 2.05) is 52.4 Å². The minimum absolute atomic E-state index is 0.0175. The Balaban J connectivity index is 1.31. The summed E-state index contributed by atoms with van der Waals surface area (Å²) in [7, 11) is 0. The smallest absolute Gasteiger partial charge is 0.244 e. The summed E-state index contributed by atoms with van der Waals surface area (Å²) in [6, 6.07) is 25.6. The van der Waals surface area contributed by atoms with Gasteiger partial charge in [-0.1, -0.05) is 54.6 Å². The van der Waals surface area contributed by atoms with E-state index in [1.54, 1.807) is 13.0 Å². The van der Waals surface area contributed by atoms with Crippen LogP contribution in [0.5, 0.6) is 0 Å². The zero-order valence-corrected chi connectivity index (χ0v) is 19.4. The van der Waals surface area contributed by atoms with E-state index in [0.29, 0.717) is 25.1 Å². The second kappa shape index (κ2) is 9.67. The zero-order chi connectivity index (χ0) is 23.5. The van der Waals surface area contributed by atoms with E-state index in [1.165, 1.54) is 11.8 Å². The number of nitrogens with zero attached hydrogens (tertiary/aromatic N) is 4. The maximum atomic E-state index is 13.8. The van der Waals surface area contributed by atoms with Crippen LogP contribution in [0.25, 0.3) is 0 Å². The monoisotopic (exact) mass is 456 g/mol. The number of para-hydroxylation sites is 1. The van der Waals surface area contributed by atoms with Gasteiger partial charge in [-0.25, -0.2) is 4.39 Å². The maximum absolute atomic E-state index is 13.8. The summed E-state index contributed by atoms with van der Waals surface area (Å²) in [5.41, 5.74) is 4.72. The minimum atomic E-state index is -0.219. The Morgan fingerprint density at radius 1 is 0.941 bits per heavy atom. The first-order chi connectivity index (χ1) is 16.6. The lowest BCUT2D eigenvalue weighted by Gasteiger charge is -2.37. The standard InChI is InChI=1S/C28H29FN4O/c1-21-18-23(12-13-25(21)29)26-19-27(22-8-4-2-5-9-22)33(30-26)20-28(34)32-16-14-31(15-17-32)24-10-6-3-7-11-24/h2-13,18,27H,14-17,19-20H2,1H3. The van der Waals surface area contributed by atoms with E-state index < -0.39 is 0 Å². The lowest BCUT2D eigenvalue weighted by Crippen LogP contribution is -2.51. The number of halogens is 1. The number of benzene rings is 3.